The van der Waals surface area contributed by atoms with Crippen molar-refractivity contribution in [2.45, 2.75) is 98.3 Å². The summed E-state index contributed by atoms with van der Waals surface area (Å²) in [5.74, 6) is 0.365. The number of aromatic nitrogens is 2. The Bertz CT molecular complexity index is 1310. The van der Waals surface area contributed by atoms with E-state index in [9.17, 15) is 4.79 Å². The van der Waals surface area contributed by atoms with Gasteiger partial charge in [-0.3, -0.25) is 0 Å². The molecule has 4 aliphatic carbocycles. The smallest absolute Gasteiger partial charge is 0.317 e. The van der Waals surface area contributed by atoms with Crippen LogP contribution in [0.1, 0.15) is 96.2 Å². The summed E-state index contributed by atoms with van der Waals surface area (Å²) in [7, 11) is 0. The van der Waals surface area contributed by atoms with Crippen LogP contribution in [-0.2, 0) is 20.5 Å². The van der Waals surface area contributed by atoms with Crippen molar-refractivity contribution in [1.29, 1.82) is 0 Å². The van der Waals surface area contributed by atoms with E-state index >= 15 is 0 Å². The predicted molar refractivity (Wildman–Crippen MR) is 134 cm³/mol. The largest absolute Gasteiger partial charge is 0.347 e. The summed E-state index contributed by atoms with van der Waals surface area (Å²) in [4.78, 5) is 30.2. The number of carbonyl (C=O) groups is 1. The molecular formula is C29H37N3O2. The van der Waals surface area contributed by atoms with E-state index in [0.29, 0.717) is 5.92 Å². The van der Waals surface area contributed by atoms with Crippen molar-refractivity contribution < 1.29 is 9.63 Å². The lowest BCUT2D eigenvalue weighted by Crippen LogP contribution is -2.46. The Morgan fingerprint density at radius 3 is 2.09 bits per heavy atom. The van der Waals surface area contributed by atoms with E-state index in [4.69, 9.17) is 14.8 Å². The zero-order valence-corrected chi connectivity index (χ0v) is 21.9. The van der Waals surface area contributed by atoms with Crippen molar-refractivity contribution in [2.24, 2.45) is 27.3 Å². The molecule has 180 valence electrons. The first-order valence-corrected chi connectivity index (χ1v) is 12.9. The molecule has 0 N–H and O–H groups in total. The highest BCUT2D eigenvalue weighted by Gasteiger charge is 2.74. The van der Waals surface area contributed by atoms with E-state index in [0.717, 1.165) is 53.8 Å². The van der Waals surface area contributed by atoms with E-state index in [1.165, 1.54) is 17.5 Å². The van der Waals surface area contributed by atoms with E-state index in [1.807, 2.05) is 0 Å². The molecule has 0 amide bonds. The summed E-state index contributed by atoms with van der Waals surface area (Å²) in [5.41, 5.74) is 5.79. The van der Waals surface area contributed by atoms with Crippen LogP contribution >= 0.6 is 0 Å². The van der Waals surface area contributed by atoms with E-state index < -0.39 is 5.41 Å². The minimum atomic E-state index is -0.824. The van der Waals surface area contributed by atoms with Crippen LogP contribution in [0.25, 0.3) is 11.0 Å². The van der Waals surface area contributed by atoms with Gasteiger partial charge in [-0.1, -0.05) is 46.7 Å². The van der Waals surface area contributed by atoms with Crippen LogP contribution in [0.4, 0.5) is 0 Å². The van der Waals surface area contributed by atoms with Crippen LogP contribution < -0.4 is 0 Å². The molecule has 4 unspecified atom stereocenters. The molecule has 1 aromatic heterocycles. The minimum absolute atomic E-state index is 0.00823. The number of carbonyl (C=O) groups excluding carboxylic acids is 1. The third-order valence-corrected chi connectivity index (χ3v) is 11.8. The number of benzene rings is 1. The highest BCUT2D eigenvalue weighted by atomic mass is 16.7. The van der Waals surface area contributed by atoms with Crippen molar-refractivity contribution in [3.8, 4) is 0 Å². The number of nitrogens with zero attached hydrogens (tertiary/aromatic N) is 3. The van der Waals surface area contributed by atoms with Gasteiger partial charge in [0.1, 0.15) is 5.41 Å². The average molecular weight is 460 g/mol. The van der Waals surface area contributed by atoms with Crippen molar-refractivity contribution in [2.75, 3.05) is 0 Å². The van der Waals surface area contributed by atoms with Crippen LogP contribution in [0.15, 0.2) is 17.3 Å². The molecule has 4 bridgehead atoms. The Morgan fingerprint density at radius 2 is 1.53 bits per heavy atom. The number of rotatable bonds is 2. The maximum absolute atomic E-state index is 14.0. The Labute approximate surface area is 202 Å². The van der Waals surface area contributed by atoms with Crippen molar-refractivity contribution in [1.82, 2.24) is 9.97 Å². The molecule has 5 nitrogen and oxygen atoms in total. The fourth-order valence-corrected chi connectivity index (χ4v) is 8.05. The monoisotopic (exact) mass is 459 g/mol. The predicted octanol–water partition coefficient (Wildman–Crippen LogP) is 6.32. The van der Waals surface area contributed by atoms with Crippen LogP contribution in [-0.4, -0.2) is 21.6 Å². The van der Waals surface area contributed by atoms with Gasteiger partial charge in [0.05, 0.1) is 28.1 Å². The molecule has 0 aliphatic heterocycles. The highest BCUT2D eigenvalue weighted by molar-refractivity contribution is 5.95. The van der Waals surface area contributed by atoms with Gasteiger partial charge in [0.25, 0.3) is 0 Å². The molecule has 3 saturated carbocycles. The van der Waals surface area contributed by atoms with Gasteiger partial charge in [0.15, 0.2) is 0 Å². The van der Waals surface area contributed by atoms with Crippen molar-refractivity contribution >= 4 is 22.7 Å². The summed E-state index contributed by atoms with van der Waals surface area (Å²) in [6.45, 7) is 17.8. The maximum Gasteiger partial charge on any atom is 0.347 e. The molecule has 6 rings (SSSR count). The molecule has 5 heteroatoms. The number of oxime groups is 1. The molecule has 3 fully saturated rings. The third-order valence-electron chi connectivity index (χ3n) is 11.8. The van der Waals surface area contributed by atoms with Crippen LogP contribution in [0, 0.1) is 36.0 Å². The fraction of sp³-hybridized carbons (Fsp3) is 0.655. The SMILES string of the molecule is Cc1cc2nc3c(nc2cc1C)C1(C(=O)O/N=C2\CC4CCC2(C)C4(C)C)CCC3(C)C1(C)C. The Morgan fingerprint density at radius 1 is 0.912 bits per heavy atom. The zero-order valence-electron chi connectivity index (χ0n) is 21.9. The van der Waals surface area contributed by atoms with Crippen molar-refractivity contribution in [3.63, 3.8) is 0 Å². The van der Waals surface area contributed by atoms with E-state index in [-0.39, 0.29) is 27.6 Å². The van der Waals surface area contributed by atoms with Gasteiger partial charge in [-0.25, -0.2) is 14.8 Å². The number of fused-ring (bicyclic) bond motifs is 8. The first kappa shape index (κ1) is 22.2. The van der Waals surface area contributed by atoms with Gasteiger partial charge in [-0.05, 0) is 86.0 Å². The zero-order chi connectivity index (χ0) is 24.5. The lowest BCUT2D eigenvalue weighted by molar-refractivity contribution is -0.155. The molecule has 0 spiro atoms. The Kier molecular flexibility index (Phi) is 4.09. The van der Waals surface area contributed by atoms with Gasteiger partial charge < -0.3 is 4.84 Å². The second-order valence-corrected chi connectivity index (χ2v) is 13.1. The number of hydrogen-bond donors (Lipinski definition) is 0. The van der Waals surface area contributed by atoms with E-state index in [1.54, 1.807) is 0 Å². The fourth-order valence-electron chi connectivity index (χ4n) is 8.05. The second-order valence-electron chi connectivity index (χ2n) is 13.1. The lowest BCUT2D eigenvalue weighted by Gasteiger charge is -2.38. The molecule has 2 aromatic rings. The molecule has 4 aliphatic rings. The van der Waals surface area contributed by atoms with Crippen LogP contribution in [0.5, 0.6) is 0 Å². The Balaban J connectivity index is 1.45. The topological polar surface area (TPSA) is 64.4 Å². The number of aryl methyl sites for hydroxylation is 2. The van der Waals surface area contributed by atoms with Gasteiger partial charge in [0, 0.05) is 10.8 Å². The standard InChI is InChI=1S/C29H37N3O2/c1-16-13-19-20(14-17(16)2)31-23-22(30-19)28(8)11-12-29(23,26(28,5)6)24(33)34-32-21-15-18-9-10-27(21,7)25(18,3)4/h13-14,18H,9-12,15H2,1-8H3/b32-21+. The minimum Gasteiger partial charge on any atom is -0.317 e. The van der Waals surface area contributed by atoms with Crippen LogP contribution in [0.2, 0.25) is 0 Å². The number of hydrogen-bond acceptors (Lipinski definition) is 5. The molecule has 0 radical (unpaired) electrons. The average Bonchev–Trinajstić information content (AvgIpc) is 3.26. The summed E-state index contributed by atoms with van der Waals surface area (Å²) in [5, 5.41) is 4.60. The summed E-state index contributed by atoms with van der Waals surface area (Å²) in [6.07, 6.45) is 4.92. The normalized spacial score (nSPS) is 37.5. The molecule has 34 heavy (non-hydrogen) atoms. The first-order chi connectivity index (χ1) is 15.8. The van der Waals surface area contributed by atoms with Gasteiger partial charge in [-0.2, -0.15) is 0 Å². The quantitative estimate of drug-likeness (QED) is 0.389. The first-order valence-electron chi connectivity index (χ1n) is 12.9. The van der Waals surface area contributed by atoms with E-state index in [2.05, 4.69) is 72.7 Å². The third kappa shape index (κ3) is 2.23. The summed E-state index contributed by atoms with van der Waals surface area (Å²) in [6, 6.07) is 4.21. The second kappa shape index (κ2) is 6.27. The van der Waals surface area contributed by atoms with Crippen molar-refractivity contribution in [3.05, 3.63) is 34.6 Å². The van der Waals surface area contributed by atoms with Gasteiger partial charge in [0.2, 0.25) is 0 Å². The van der Waals surface area contributed by atoms with Gasteiger partial charge in [-0.15, -0.1) is 0 Å². The molecule has 1 aromatic carbocycles. The molecule has 0 saturated heterocycles. The maximum atomic E-state index is 14.0. The van der Waals surface area contributed by atoms with Crippen LogP contribution in [0.3, 0.4) is 0 Å². The molecule has 4 atom stereocenters. The Hall–Kier alpha value is -2.30. The van der Waals surface area contributed by atoms with Gasteiger partial charge >= 0.3 is 5.97 Å². The lowest BCUT2D eigenvalue weighted by atomic mass is 9.64. The summed E-state index contributed by atoms with van der Waals surface area (Å²) < 4.78 is 0. The molecule has 1 heterocycles. The summed E-state index contributed by atoms with van der Waals surface area (Å²) >= 11 is 0. The highest BCUT2D eigenvalue weighted by Crippen LogP contribution is 2.70. The molecular weight excluding hydrogens is 422 g/mol.